The molecule has 0 unspecified atom stereocenters. The van der Waals surface area contributed by atoms with Gasteiger partial charge in [0, 0.05) is 55.7 Å². The highest BCUT2D eigenvalue weighted by atomic mass is 16.1. The van der Waals surface area contributed by atoms with Gasteiger partial charge >= 0.3 is 0 Å². The minimum absolute atomic E-state index is 0.107. The SMILES string of the molecule is Cn1cncc1CN(CCNC(=O)c1ccc(-n2cccc2)cc1)c1ccc(C#N)cc1. The molecule has 0 fully saturated rings. The molecule has 0 aliphatic heterocycles. The fourth-order valence-electron chi connectivity index (χ4n) is 3.48. The van der Waals surface area contributed by atoms with E-state index in [0.29, 0.717) is 30.8 Å². The van der Waals surface area contributed by atoms with E-state index in [9.17, 15) is 4.79 Å². The smallest absolute Gasteiger partial charge is 0.251 e. The number of carbonyl (C=O) groups excluding carboxylic acids is 1. The second-order valence-corrected chi connectivity index (χ2v) is 7.47. The predicted molar refractivity (Wildman–Crippen MR) is 124 cm³/mol. The van der Waals surface area contributed by atoms with Crippen LogP contribution >= 0.6 is 0 Å². The Morgan fingerprint density at radius 2 is 1.81 bits per heavy atom. The number of benzene rings is 2. The summed E-state index contributed by atoms with van der Waals surface area (Å²) in [6.07, 6.45) is 7.54. The van der Waals surface area contributed by atoms with Gasteiger partial charge in [0.15, 0.2) is 0 Å². The zero-order chi connectivity index (χ0) is 22.3. The van der Waals surface area contributed by atoms with Crippen LogP contribution in [0.15, 0.2) is 85.6 Å². The monoisotopic (exact) mass is 424 g/mol. The number of aryl methyl sites for hydroxylation is 1. The number of anilines is 1. The standard InChI is InChI=1S/C25H24N6O/c1-29-19-27-17-24(29)18-31(23-8-4-20(16-26)5-9-23)15-12-28-25(32)21-6-10-22(11-7-21)30-13-2-3-14-30/h2-11,13-14,17,19H,12,15,18H2,1H3,(H,28,32). The third kappa shape index (κ3) is 4.87. The summed E-state index contributed by atoms with van der Waals surface area (Å²) in [6, 6.07) is 21.1. The van der Waals surface area contributed by atoms with Crippen molar-refractivity contribution in [3.05, 3.63) is 102 Å². The molecule has 2 heterocycles. The third-order valence-corrected chi connectivity index (χ3v) is 5.33. The van der Waals surface area contributed by atoms with E-state index in [1.807, 2.05) is 83.3 Å². The Bertz CT molecular complexity index is 1200. The van der Waals surface area contributed by atoms with Crippen LogP contribution in [-0.4, -0.2) is 33.1 Å². The maximum absolute atomic E-state index is 12.6. The first-order valence-corrected chi connectivity index (χ1v) is 10.4. The molecule has 1 N–H and O–H groups in total. The van der Waals surface area contributed by atoms with Crippen LogP contribution in [0.5, 0.6) is 0 Å². The zero-order valence-corrected chi connectivity index (χ0v) is 17.8. The van der Waals surface area contributed by atoms with Crippen LogP contribution in [0.2, 0.25) is 0 Å². The van der Waals surface area contributed by atoms with Crippen molar-refractivity contribution >= 4 is 11.6 Å². The fourth-order valence-corrected chi connectivity index (χ4v) is 3.48. The summed E-state index contributed by atoms with van der Waals surface area (Å²) in [4.78, 5) is 19.0. The zero-order valence-electron chi connectivity index (χ0n) is 17.8. The quantitative estimate of drug-likeness (QED) is 0.469. The molecule has 4 rings (SSSR count). The van der Waals surface area contributed by atoms with Crippen LogP contribution < -0.4 is 10.2 Å². The average molecular weight is 425 g/mol. The summed E-state index contributed by atoms with van der Waals surface area (Å²) in [5, 5.41) is 12.1. The molecule has 0 radical (unpaired) electrons. The van der Waals surface area contributed by atoms with Crippen molar-refractivity contribution in [3.8, 4) is 11.8 Å². The van der Waals surface area contributed by atoms with Crippen molar-refractivity contribution in [1.29, 1.82) is 5.26 Å². The summed E-state index contributed by atoms with van der Waals surface area (Å²) in [5.41, 5.74) is 4.29. The number of amides is 1. The Kier molecular flexibility index (Phi) is 6.33. The molecule has 0 saturated heterocycles. The normalized spacial score (nSPS) is 10.5. The summed E-state index contributed by atoms with van der Waals surface area (Å²) in [5.74, 6) is -0.107. The number of aromatic nitrogens is 3. The van der Waals surface area contributed by atoms with Gasteiger partial charge in [0.1, 0.15) is 0 Å². The number of rotatable bonds is 8. The number of hydrogen-bond acceptors (Lipinski definition) is 4. The Hall–Kier alpha value is -4.31. The number of carbonyl (C=O) groups is 1. The second-order valence-electron chi connectivity index (χ2n) is 7.47. The summed E-state index contributed by atoms with van der Waals surface area (Å²) in [6.45, 7) is 1.74. The van der Waals surface area contributed by atoms with Gasteiger partial charge in [-0.1, -0.05) is 0 Å². The number of nitrogens with zero attached hydrogens (tertiary/aromatic N) is 5. The first-order valence-electron chi connectivity index (χ1n) is 10.4. The van der Waals surface area contributed by atoms with E-state index in [1.54, 1.807) is 18.5 Å². The maximum atomic E-state index is 12.6. The molecule has 2 aromatic heterocycles. The van der Waals surface area contributed by atoms with Gasteiger partial charge in [-0.25, -0.2) is 4.98 Å². The van der Waals surface area contributed by atoms with Gasteiger partial charge in [-0.3, -0.25) is 4.79 Å². The van der Waals surface area contributed by atoms with E-state index < -0.39 is 0 Å². The lowest BCUT2D eigenvalue weighted by Gasteiger charge is -2.25. The average Bonchev–Trinajstić information content (AvgIpc) is 3.51. The van der Waals surface area contributed by atoms with Crippen LogP contribution in [0.4, 0.5) is 5.69 Å². The van der Waals surface area contributed by atoms with E-state index in [1.165, 1.54) is 0 Å². The van der Waals surface area contributed by atoms with Gasteiger partial charge in [0.25, 0.3) is 5.91 Å². The largest absolute Gasteiger partial charge is 0.364 e. The molecule has 0 aliphatic rings. The van der Waals surface area contributed by atoms with E-state index in [-0.39, 0.29) is 5.91 Å². The summed E-state index contributed by atoms with van der Waals surface area (Å²) in [7, 11) is 1.96. The molecule has 0 aliphatic carbocycles. The number of nitrogens with one attached hydrogen (secondary N) is 1. The van der Waals surface area contributed by atoms with Crippen molar-refractivity contribution < 1.29 is 4.79 Å². The Morgan fingerprint density at radius 1 is 1.09 bits per heavy atom. The van der Waals surface area contributed by atoms with Crippen molar-refractivity contribution in [2.75, 3.05) is 18.0 Å². The molecule has 0 bridgehead atoms. The number of imidazole rings is 1. The Labute approximate surface area is 187 Å². The molecule has 7 nitrogen and oxygen atoms in total. The van der Waals surface area contributed by atoms with Crippen LogP contribution in [0.25, 0.3) is 5.69 Å². The van der Waals surface area contributed by atoms with Gasteiger partial charge in [0.05, 0.1) is 30.2 Å². The van der Waals surface area contributed by atoms with Gasteiger partial charge in [-0.15, -0.1) is 0 Å². The highest BCUT2D eigenvalue weighted by Gasteiger charge is 2.12. The Balaban J connectivity index is 1.40. The van der Waals surface area contributed by atoms with Crippen molar-refractivity contribution in [1.82, 2.24) is 19.4 Å². The molecule has 0 saturated carbocycles. The topological polar surface area (TPSA) is 78.9 Å². The molecule has 32 heavy (non-hydrogen) atoms. The van der Waals surface area contributed by atoms with E-state index in [2.05, 4.69) is 21.3 Å². The first kappa shape index (κ1) is 20.9. The molecular weight excluding hydrogens is 400 g/mol. The van der Waals surface area contributed by atoms with Crippen LogP contribution in [0, 0.1) is 11.3 Å². The van der Waals surface area contributed by atoms with Gasteiger partial charge < -0.3 is 19.4 Å². The fraction of sp³-hybridized carbons (Fsp3) is 0.160. The van der Waals surface area contributed by atoms with Crippen molar-refractivity contribution in [3.63, 3.8) is 0 Å². The van der Waals surface area contributed by atoms with Crippen LogP contribution in [0.3, 0.4) is 0 Å². The number of nitriles is 1. The lowest BCUT2D eigenvalue weighted by atomic mass is 10.2. The summed E-state index contributed by atoms with van der Waals surface area (Å²) >= 11 is 0. The van der Waals surface area contributed by atoms with Crippen molar-refractivity contribution in [2.24, 2.45) is 7.05 Å². The molecule has 1 amide bonds. The van der Waals surface area contributed by atoms with E-state index >= 15 is 0 Å². The maximum Gasteiger partial charge on any atom is 0.251 e. The van der Waals surface area contributed by atoms with Gasteiger partial charge in [0.2, 0.25) is 0 Å². The van der Waals surface area contributed by atoms with Crippen LogP contribution in [0.1, 0.15) is 21.6 Å². The Morgan fingerprint density at radius 3 is 2.44 bits per heavy atom. The summed E-state index contributed by atoms with van der Waals surface area (Å²) < 4.78 is 3.97. The molecule has 160 valence electrons. The predicted octanol–water partition coefficient (Wildman–Crippen LogP) is 3.52. The molecular formula is C25H24N6O. The molecule has 4 aromatic rings. The minimum Gasteiger partial charge on any atom is -0.364 e. The van der Waals surface area contributed by atoms with Gasteiger partial charge in [-0.05, 0) is 60.7 Å². The third-order valence-electron chi connectivity index (χ3n) is 5.33. The number of hydrogen-bond donors (Lipinski definition) is 1. The second kappa shape index (κ2) is 9.67. The van der Waals surface area contributed by atoms with Crippen molar-refractivity contribution in [2.45, 2.75) is 6.54 Å². The molecule has 7 heteroatoms. The van der Waals surface area contributed by atoms with Crippen LogP contribution in [-0.2, 0) is 13.6 Å². The lowest BCUT2D eigenvalue weighted by Crippen LogP contribution is -2.35. The molecule has 0 atom stereocenters. The van der Waals surface area contributed by atoms with Gasteiger partial charge in [-0.2, -0.15) is 5.26 Å². The van der Waals surface area contributed by atoms with E-state index in [4.69, 9.17) is 5.26 Å². The molecule has 2 aromatic carbocycles. The lowest BCUT2D eigenvalue weighted by molar-refractivity contribution is 0.0954. The minimum atomic E-state index is -0.107. The van der Waals surface area contributed by atoms with E-state index in [0.717, 1.165) is 17.1 Å². The molecule has 0 spiro atoms. The highest BCUT2D eigenvalue weighted by molar-refractivity contribution is 5.94. The first-order chi connectivity index (χ1) is 15.6. The highest BCUT2D eigenvalue weighted by Crippen LogP contribution is 2.18.